The number of piperazine rings is 1. The van der Waals surface area contributed by atoms with Gasteiger partial charge in [-0.1, -0.05) is 18.2 Å². The molecule has 4 heteroatoms. The van der Waals surface area contributed by atoms with Crippen LogP contribution in [0.3, 0.4) is 0 Å². The highest BCUT2D eigenvalue weighted by atomic mass is 16.1. The van der Waals surface area contributed by atoms with Crippen molar-refractivity contribution in [2.24, 2.45) is 0 Å². The average molecular weight is 297 g/mol. The van der Waals surface area contributed by atoms with Crippen molar-refractivity contribution in [2.45, 2.75) is 13.8 Å². The zero-order chi connectivity index (χ0) is 15.5. The first-order valence-electron chi connectivity index (χ1n) is 7.85. The molecule has 2 aromatic rings. The third-order valence-corrected chi connectivity index (χ3v) is 4.31. The van der Waals surface area contributed by atoms with Crippen molar-refractivity contribution < 1.29 is 4.79 Å². The van der Waals surface area contributed by atoms with E-state index in [1.807, 2.05) is 26.0 Å². The Morgan fingerprint density at radius 2 is 1.77 bits per heavy atom. The van der Waals surface area contributed by atoms with E-state index in [0.29, 0.717) is 6.54 Å². The lowest BCUT2D eigenvalue weighted by Gasteiger charge is -2.35. The number of aromatic amines is 1. The molecule has 1 saturated heterocycles. The van der Waals surface area contributed by atoms with Crippen LogP contribution in [0.1, 0.15) is 21.7 Å². The standard InChI is InChI=1S/C18H23N3O/c1-14-12-17(15(2)19-14)18(22)13-20-8-10-21(11-9-20)16-6-4-3-5-7-16/h3-7,12,19H,8-11,13H2,1-2H3. The predicted molar refractivity (Wildman–Crippen MR) is 89.7 cm³/mol. The van der Waals surface area contributed by atoms with Gasteiger partial charge in [-0.2, -0.15) is 0 Å². The van der Waals surface area contributed by atoms with Crippen molar-refractivity contribution in [3.8, 4) is 0 Å². The van der Waals surface area contributed by atoms with E-state index in [9.17, 15) is 4.79 Å². The number of H-pyrrole nitrogens is 1. The van der Waals surface area contributed by atoms with E-state index in [4.69, 9.17) is 0 Å². The van der Waals surface area contributed by atoms with Crippen LogP contribution in [0.2, 0.25) is 0 Å². The van der Waals surface area contributed by atoms with Gasteiger partial charge in [0.05, 0.1) is 6.54 Å². The predicted octanol–water partition coefficient (Wildman–Crippen LogP) is 2.64. The van der Waals surface area contributed by atoms with E-state index in [1.54, 1.807) is 0 Å². The topological polar surface area (TPSA) is 39.3 Å². The van der Waals surface area contributed by atoms with Crippen molar-refractivity contribution in [1.82, 2.24) is 9.88 Å². The molecule has 116 valence electrons. The zero-order valence-corrected chi connectivity index (χ0v) is 13.3. The van der Waals surface area contributed by atoms with Gasteiger partial charge in [0.2, 0.25) is 0 Å². The SMILES string of the molecule is Cc1cc(C(=O)CN2CCN(c3ccccc3)CC2)c(C)[nH]1. The average Bonchev–Trinajstić information content (AvgIpc) is 2.88. The Morgan fingerprint density at radius 3 is 2.36 bits per heavy atom. The number of rotatable bonds is 4. The molecule has 1 aromatic carbocycles. The van der Waals surface area contributed by atoms with Gasteiger partial charge in [-0.05, 0) is 32.0 Å². The monoisotopic (exact) mass is 297 g/mol. The van der Waals surface area contributed by atoms with Crippen LogP contribution >= 0.6 is 0 Å². The van der Waals surface area contributed by atoms with Crippen LogP contribution in [0, 0.1) is 13.8 Å². The van der Waals surface area contributed by atoms with Crippen LogP contribution in [0.4, 0.5) is 5.69 Å². The summed E-state index contributed by atoms with van der Waals surface area (Å²) in [5, 5.41) is 0. The van der Waals surface area contributed by atoms with Crippen molar-refractivity contribution in [3.05, 3.63) is 53.3 Å². The van der Waals surface area contributed by atoms with Crippen LogP contribution in [0.15, 0.2) is 36.4 Å². The summed E-state index contributed by atoms with van der Waals surface area (Å²) in [5.41, 5.74) is 4.13. The molecule has 1 fully saturated rings. The van der Waals surface area contributed by atoms with Gasteiger partial charge in [0.25, 0.3) is 0 Å². The van der Waals surface area contributed by atoms with Gasteiger partial charge in [0, 0.05) is 48.8 Å². The normalized spacial score (nSPS) is 16.0. The first kappa shape index (κ1) is 14.9. The molecular weight excluding hydrogens is 274 g/mol. The Kier molecular flexibility index (Phi) is 4.29. The maximum atomic E-state index is 12.4. The second-order valence-corrected chi connectivity index (χ2v) is 6.01. The van der Waals surface area contributed by atoms with Gasteiger partial charge in [0.1, 0.15) is 0 Å². The van der Waals surface area contributed by atoms with E-state index in [1.165, 1.54) is 5.69 Å². The molecule has 0 aliphatic carbocycles. The molecule has 0 amide bonds. The summed E-state index contributed by atoms with van der Waals surface area (Å²) in [6, 6.07) is 12.4. The molecule has 1 N–H and O–H groups in total. The molecule has 1 aromatic heterocycles. The molecule has 0 bridgehead atoms. The first-order chi connectivity index (χ1) is 10.6. The molecule has 3 rings (SSSR count). The van der Waals surface area contributed by atoms with E-state index in [2.05, 4.69) is 39.0 Å². The van der Waals surface area contributed by atoms with Crippen molar-refractivity contribution >= 4 is 11.5 Å². The zero-order valence-electron chi connectivity index (χ0n) is 13.3. The summed E-state index contributed by atoms with van der Waals surface area (Å²) in [6.45, 7) is 8.29. The summed E-state index contributed by atoms with van der Waals surface area (Å²) < 4.78 is 0. The van der Waals surface area contributed by atoms with Crippen LogP contribution in [-0.2, 0) is 0 Å². The number of hydrogen-bond acceptors (Lipinski definition) is 3. The van der Waals surface area contributed by atoms with Crippen LogP contribution in [0.5, 0.6) is 0 Å². The molecule has 0 atom stereocenters. The maximum absolute atomic E-state index is 12.4. The number of nitrogens with one attached hydrogen (secondary N) is 1. The number of para-hydroxylation sites is 1. The number of aromatic nitrogens is 1. The molecule has 0 unspecified atom stereocenters. The third-order valence-electron chi connectivity index (χ3n) is 4.31. The number of benzene rings is 1. The number of carbonyl (C=O) groups is 1. The highest BCUT2D eigenvalue weighted by molar-refractivity contribution is 5.98. The first-order valence-corrected chi connectivity index (χ1v) is 7.85. The number of Topliss-reactive ketones (excluding diaryl/α,β-unsaturated/α-hetero) is 1. The molecule has 4 nitrogen and oxygen atoms in total. The fourth-order valence-corrected chi connectivity index (χ4v) is 3.10. The van der Waals surface area contributed by atoms with Gasteiger partial charge in [-0.3, -0.25) is 9.69 Å². The minimum Gasteiger partial charge on any atom is -0.369 e. The van der Waals surface area contributed by atoms with E-state index in [0.717, 1.165) is 43.1 Å². The minimum atomic E-state index is 0.218. The lowest BCUT2D eigenvalue weighted by Crippen LogP contribution is -2.48. The molecule has 1 aliphatic heterocycles. The Hall–Kier alpha value is -2.07. The number of nitrogens with zero attached hydrogens (tertiary/aromatic N) is 2. The molecule has 1 aliphatic rings. The number of aryl methyl sites for hydroxylation is 2. The lowest BCUT2D eigenvalue weighted by atomic mass is 10.1. The van der Waals surface area contributed by atoms with E-state index < -0.39 is 0 Å². The molecular formula is C18H23N3O. The summed E-state index contributed by atoms with van der Waals surface area (Å²) >= 11 is 0. The van der Waals surface area contributed by atoms with E-state index >= 15 is 0 Å². The molecule has 22 heavy (non-hydrogen) atoms. The fourth-order valence-electron chi connectivity index (χ4n) is 3.10. The lowest BCUT2D eigenvalue weighted by molar-refractivity contribution is 0.0926. The summed E-state index contributed by atoms with van der Waals surface area (Å²) in [7, 11) is 0. The molecule has 0 saturated carbocycles. The van der Waals surface area contributed by atoms with Gasteiger partial charge in [0.15, 0.2) is 5.78 Å². The van der Waals surface area contributed by atoms with Crippen molar-refractivity contribution in [3.63, 3.8) is 0 Å². The van der Waals surface area contributed by atoms with Crippen molar-refractivity contribution in [2.75, 3.05) is 37.6 Å². The van der Waals surface area contributed by atoms with Gasteiger partial charge in [-0.15, -0.1) is 0 Å². The third kappa shape index (κ3) is 3.22. The maximum Gasteiger partial charge on any atom is 0.178 e. The number of hydrogen-bond donors (Lipinski definition) is 1. The second kappa shape index (κ2) is 6.36. The number of carbonyl (C=O) groups excluding carboxylic acids is 1. The van der Waals surface area contributed by atoms with Crippen LogP contribution < -0.4 is 4.90 Å². The highest BCUT2D eigenvalue weighted by Gasteiger charge is 2.21. The number of ketones is 1. The largest absolute Gasteiger partial charge is 0.369 e. The van der Waals surface area contributed by atoms with Crippen LogP contribution in [-0.4, -0.2) is 48.4 Å². The summed E-state index contributed by atoms with van der Waals surface area (Å²) in [4.78, 5) is 20.3. The Labute approximate surface area is 131 Å². The Morgan fingerprint density at radius 1 is 1.09 bits per heavy atom. The van der Waals surface area contributed by atoms with E-state index in [-0.39, 0.29) is 5.78 Å². The molecule has 0 spiro atoms. The van der Waals surface area contributed by atoms with Gasteiger partial charge in [-0.25, -0.2) is 0 Å². The fraction of sp³-hybridized carbons (Fsp3) is 0.389. The Bertz CT molecular complexity index is 640. The smallest absolute Gasteiger partial charge is 0.178 e. The summed E-state index contributed by atoms with van der Waals surface area (Å²) in [6.07, 6.45) is 0. The van der Waals surface area contributed by atoms with Gasteiger partial charge < -0.3 is 9.88 Å². The van der Waals surface area contributed by atoms with Gasteiger partial charge >= 0.3 is 0 Å². The van der Waals surface area contributed by atoms with Crippen LogP contribution in [0.25, 0.3) is 0 Å². The Balaban J connectivity index is 1.56. The van der Waals surface area contributed by atoms with Crippen molar-refractivity contribution in [1.29, 1.82) is 0 Å². The highest BCUT2D eigenvalue weighted by Crippen LogP contribution is 2.16. The molecule has 2 heterocycles. The number of anilines is 1. The second-order valence-electron chi connectivity index (χ2n) is 6.01. The summed E-state index contributed by atoms with van der Waals surface area (Å²) in [5.74, 6) is 0.218. The quantitative estimate of drug-likeness (QED) is 0.882. The minimum absolute atomic E-state index is 0.218. The molecule has 0 radical (unpaired) electrons.